The molecule has 0 saturated carbocycles. The van der Waals surface area contributed by atoms with Gasteiger partial charge in [-0.2, -0.15) is 0 Å². The van der Waals surface area contributed by atoms with Crippen molar-refractivity contribution >= 4 is 17.6 Å². The molecule has 0 saturated heterocycles. The first kappa shape index (κ1) is 14.4. The van der Waals surface area contributed by atoms with E-state index in [1.54, 1.807) is 0 Å². The van der Waals surface area contributed by atoms with Crippen molar-refractivity contribution in [3.63, 3.8) is 0 Å². The van der Waals surface area contributed by atoms with Gasteiger partial charge in [0.15, 0.2) is 0 Å². The standard InChI is InChI=1S/C14H12FN3O3/c15-11-3-1-2-10(12(11)16)13(19)18-7-9-6-8(14(20)21)4-5-17-9/h1-6H,7,16H2,(H,18,19)(H,20,21). The van der Waals surface area contributed by atoms with Gasteiger partial charge in [-0.15, -0.1) is 0 Å². The highest BCUT2D eigenvalue weighted by Gasteiger charge is 2.12. The summed E-state index contributed by atoms with van der Waals surface area (Å²) < 4.78 is 13.3. The molecule has 0 fully saturated rings. The summed E-state index contributed by atoms with van der Waals surface area (Å²) in [5.74, 6) is -2.32. The van der Waals surface area contributed by atoms with Crippen LogP contribution in [0.3, 0.4) is 0 Å². The zero-order valence-corrected chi connectivity index (χ0v) is 10.8. The number of aromatic nitrogens is 1. The van der Waals surface area contributed by atoms with E-state index < -0.39 is 17.7 Å². The van der Waals surface area contributed by atoms with Gasteiger partial charge in [0.2, 0.25) is 0 Å². The summed E-state index contributed by atoms with van der Waals surface area (Å²) in [7, 11) is 0. The molecule has 0 bridgehead atoms. The number of aromatic carboxylic acids is 1. The largest absolute Gasteiger partial charge is 0.478 e. The van der Waals surface area contributed by atoms with Gasteiger partial charge in [-0.3, -0.25) is 9.78 Å². The minimum absolute atomic E-state index is 0.00983. The fraction of sp³-hybridized carbons (Fsp3) is 0.0714. The van der Waals surface area contributed by atoms with Crippen LogP contribution in [0, 0.1) is 5.82 Å². The maximum absolute atomic E-state index is 13.3. The average molecular weight is 289 g/mol. The number of nitrogens with one attached hydrogen (secondary N) is 1. The van der Waals surface area contributed by atoms with Crippen molar-refractivity contribution in [3.8, 4) is 0 Å². The molecule has 4 N–H and O–H groups in total. The second-order valence-electron chi connectivity index (χ2n) is 4.22. The van der Waals surface area contributed by atoms with E-state index in [1.807, 2.05) is 0 Å². The summed E-state index contributed by atoms with van der Waals surface area (Å²) in [6.45, 7) is 0.00983. The minimum Gasteiger partial charge on any atom is -0.478 e. The maximum atomic E-state index is 13.3. The number of carbonyl (C=O) groups is 2. The van der Waals surface area contributed by atoms with Gasteiger partial charge in [0.25, 0.3) is 5.91 Å². The molecular formula is C14H12FN3O3. The number of benzene rings is 1. The number of carboxylic acid groups (broad SMARTS) is 1. The number of nitrogens with two attached hydrogens (primary N) is 1. The topological polar surface area (TPSA) is 105 Å². The van der Waals surface area contributed by atoms with E-state index in [9.17, 15) is 14.0 Å². The quantitative estimate of drug-likeness (QED) is 0.738. The Morgan fingerprint density at radius 3 is 2.81 bits per heavy atom. The number of anilines is 1. The number of nitrogens with zero attached hydrogens (tertiary/aromatic N) is 1. The van der Waals surface area contributed by atoms with Crippen molar-refractivity contribution in [1.29, 1.82) is 0 Å². The van der Waals surface area contributed by atoms with Crippen molar-refractivity contribution in [2.45, 2.75) is 6.54 Å². The lowest BCUT2D eigenvalue weighted by molar-refractivity contribution is 0.0696. The third kappa shape index (κ3) is 3.33. The van der Waals surface area contributed by atoms with Crippen LogP contribution in [0.25, 0.3) is 0 Å². The summed E-state index contributed by atoms with van der Waals surface area (Å²) >= 11 is 0. The number of pyridine rings is 1. The fourth-order valence-electron chi connectivity index (χ4n) is 1.71. The molecule has 1 amide bonds. The molecule has 0 unspecified atom stereocenters. The highest BCUT2D eigenvalue weighted by atomic mass is 19.1. The zero-order valence-electron chi connectivity index (χ0n) is 10.8. The van der Waals surface area contributed by atoms with Crippen LogP contribution < -0.4 is 11.1 Å². The first-order valence-electron chi connectivity index (χ1n) is 5.99. The molecule has 2 aromatic rings. The summed E-state index contributed by atoms with van der Waals surface area (Å²) in [6, 6.07) is 6.62. The van der Waals surface area contributed by atoms with Crippen molar-refractivity contribution in [2.75, 3.05) is 5.73 Å². The molecule has 1 aromatic carbocycles. The normalized spacial score (nSPS) is 10.1. The van der Waals surface area contributed by atoms with Gasteiger partial charge < -0.3 is 16.2 Å². The summed E-state index contributed by atoms with van der Waals surface area (Å²) in [6.07, 6.45) is 1.33. The first-order valence-corrected chi connectivity index (χ1v) is 5.99. The molecule has 0 aliphatic carbocycles. The van der Waals surface area contributed by atoms with Crippen LogP contribution >= 0.6 is 0 Å². The number of carboxylic acids is 1. The van der Waals surface area contributed by atoms with Gasteiger partial charge in [0.1, 0.15) is 5.82 Å². The molecule has 1 aromatic heterocycles. The Balaban J connectivity index is 2.09. The monoisotopic (exact) mass is 289 g/mol. The van der Waals surface area contributed by atoms with Gasteiger partial charge in [-0.05, 0) is 24.3 Å². The van der Waals surface area contributed by atoms with Gasteiger partial charge in [0, 0.05) is 6.20 Å². The maximum Gasteiger partial charge on any atom is 0.335 e. The number of hydrogen-bond donors (Lipinski definition) is 3. The lowest BCUT2D eigenvalue weighted by Gasteiger charge is -2.08. The summed E-state index contributed by atoms with van der Waals surface area (Å²) in [4.78, 5) is 26.7. The second-order valence-corrected chi connectivity index (χ2v) is 4.22. The van der Waals surface area contributed by atoms with Crippen molar-refractivity contribution in [2.24, 2.45) is 0 Å². The van der Waals surface area contributed by atoms with Crippen LogP contribution in [0.1, 0.15) is 26.4 Å². The Labute approximate surface area is 119 Å². The van der Waals surface area contributed by atoms with E-state index in [-0.39, 0.29) is 23.4 Å². The molecule has 21 heavy (non-hydrogen) atoms. The Kier molecular flexibility index (Phi) is 4.13. The van der Waals surface area contributed by atoms with Gasteiger partial charge in [0.05, 0.1) is 29.1 Å². The Morgan fingerprint density at radius 2 is 2.10 bits per heavy atom. The van der Waals surface area contributed by atoms with Crippen molar-refractivity contribution in [1.82, 2.24) is 10.3 Å². The van der Waals surface area contributed by atoms with Crippen molar-refractivity contribution < 1.29 is 19.1 Å². The number of amides is 1. The molecule has 0 atom stereocenters. The number of halogens is 1. The molecular weight excluding hydrogens is 277 g/mol. The fourth-order valence-corrected chi connectivity index (χ4v) is 1.71. The molecule has 0 radical (unpaired) electrons. The summed E-state index contributed by atoms with van der Waals surface area (Å²) in [5, 5.41) is 11.4. The number of nitrogen functional groups attached to an aromatic ring is 1. The van der Waals surface area contributed by atoms with Crippen LogP contribution in [-0.2, 0) is 6.54 Å². The second kappa shape index (κ2) is 6.00. The molecule has 6 nitrogen and oxygen atoms in total. The highest BCUT2D eigenvalue weighted by Crippen LogP contribution is 2.15. The van der Waals surface area contributed by atoms with E-state index in [0.717, 1.165) is 6.07 Å². The molecule has 1 heterocycles. The lowest BCUT2D eigenvalue weighted by atomic mass is 10.1. The van der Waals surface area contributed by atoms with Crippen molar-refractivity contribution in [3.05, 3.63) is 59.2 Å². The SMILES string of the molecule is Nc1c(F)cccc1C(=O)NCc1cc(C(=O)O)ccn1. The molecule has 2 rings (SSSR count). The number of rotatable bonds is 4. The number of para-hydroxylation sites is 1. The van der Waals surface area contributed by atoms with E-state index in [0.29, 0.717) is 5.69 Å². The molecule has 0 spiro atoms. The average Bonchev–Trinajstić information content (AvgIpc) is 2.48. The molecule has 108 valence electrons. The zero-order chi connectivity index (χ0) is 15.4. The van der Waals surface area contributed by atoms with Crippen LogP contribution in [-0.4, -0.2) is 22.0 Å². The van der Waals surface area contributed by atoms with Crippen LogP contribution in [0.5, 0.6) is 0 Å². The van der Waals surface area contributed by atoms with E-state index in [4.69, 9.17) is 10.8 Å². The Hall–Kier alpha value is -2.96. The smallest absolute Gasteiger partial charge is 0.335 e. The van der Waals surface area contributed by atoms with Gasteiger partial charge >= 0.3 is 5.97 Å². The van der Waals surface area contributed by atoms with Crippen LogP contribution in [0.4, 0.5) is 10.1 Å². The highest BCUT2D eigenvalue weighted by molar-refractivity contribution is 5.99. The van der Waals surface area contributed by atoms with Crippen LogP contribution in [0.2, 0.25) is 0 Å². The third-order valence-electron chi connectivity index (χ3n) is 2.79. The van der Waals surface area contributed by atoms with Crippen LogP contribution in [0.15, 0.2) is 36.5 Å². The Morgan fingerprint density at radius 1 is 1.33 bits per heavy atom. The summed E-state index contributed by atoms with van der Waals surface area (Å²) in [5.41, 5.74) is 5.71. The Bertz CT molecular complexity index is 704. The number of hydrogen-bond acceptors (Lipinski definition) is 4. The predicted octanol–water partition coefficient (Wildman–Crippen LogP) is 1.43. The molecule has 0 aliphatic heterocycles. The van der Waals surface area contributed by atoms with E-state index in [1.165, 1.54) is 30.5 Å². The minimum atomic E-state index is -1.08. The number of carbonyl (C=O) groups excluding carboxylic acids is 1. The third-order valence-corrected chi connectivity index (χ3v) is 2.79. The van der Waals surface area contributed by atoms with E-state index >= 15 is 0 Å². The molecule has 7 heteroatoms. The first-order chi connectivity index (χ1) is 9.99. The predicted molar refractivity (Wildman–Crippen MR) is 73.2 cm³/mol. The van der Waals surface area contributed by atoms with Gasteiger partial charge in [-0.1, -0.05) is 6.07 Å². The lowest BCUT2D eigenvalue weighted by Crippen LogP contribution is -2.24. The van der Waals surface area contributed by atoms with E-state index in [2.05, 4.69) is 10.3 Å². The van der Waals surface area contributed by atoms with Gasteiger partial charge in [-0.25, -0.2) is 9.18 Å². The molecule has 0 aliphatic rings.